The Kier molecular flexibility index (Phi) is 5.99. The number of benzene rings is 2. The zero-order valence-corrected chi connectivity index (χ0v) is 16.0. The quantitative estimate of drug-likeness (QED) is 0.526. The second-order valence-corrected chi connectivity index (χ2v) is 7.46. The molecule has 0 aliphatic heterocycles. The lowest BCUT2D eigenvalue weighted by Crippen LogP contribution is -2.44. The topological polar surface area (TPSA) is 84.3 Å². The van der Waals surface area contributed by atoms with Crippen LogP contribution < -0.4 is 10.6 Å². The van der Waals surface area contributed by atoms with Crippen LogP contribution in [-0.4, -0.2) is 17.4 Å². The SMILES string of the molecule is O=C(CNC1(c2ccc(Cl)cc2)CCCC1)Nc1ccc([N+](=O)[O-])cc1Cl. The first-order valence-corrected chi connectivity index (χ1v) is 9.40. The van der Waals surface area contributed by atoms with E-state index in [1.165, 1.54) is 18.2 Å². The molecule has 8 heteroatoms. The maximum atomic E-state index is 12.4. The zero-order chi connectivity index (χ0) is 19.4. The Hall–Kier alpha value is -2.15. The third-order valence-electron chi connectivity index (χ3n) is 4.88. The minimum absolute atomic E-state index is 0.107. The Balaban J connectivity index is 1.67. The summed E-state index contributed by atoms with van der Waals surface area (Å²) in [6.45, 7) is 0.107. The van der Waals surface area contributed by atoms with Gasteiger partial charge in [-0.3, -0.25) is 20.2 Å². The summed E-state index contributed by atoms with van der Waals surface area (Å²) < 4.78 is 0. The van der Waals surface area contributed by atoms with Gasteiger partial charge in [-0.2, -0.15) is 0 Å². The lowest BCUT2D eigenvalue weighted by atomic mass is 9.88. The number of rotatable bonds is 6. The molecule has 0 bridgehead atoms. The van der Waals surface area contributed by atoms with Gasteiger partial charge >= 0.3 is 0 Å². The predicted octanol–water partition coefficient (Wildman–Crippen LogP) is 4.90. The normalized spacial score (nSPS) is 15.5. The molecule has 0 aromatic heterocycles. The number of hydrogen-bond acceptors (Lipinski definition) is 4. The van der Waals surface area contributed by atoms with Crippen LogP contribution >= 0.6 is 23.2 Å². The Morgan fingerprint density at radius 2 is 1.78 bits per heavy atom. The average molecular weight is 408 g/mol. The van der Waals surface area contributed by atoms with Crippen LogP contribution in [0.1, 0.15) is 31.2 Å². The maximum Gasteiger partial charge on any atom is 0.271 e. The number of nitro benzene ring substituents is 1. The summed E-state index contributed by atoms with van der Waals surface area (Å²) in [7, 11) is 0. The van der Waals surface area contributed by atoms with Crippen LogP contribution in [0.4, 0.5) is 11.4 Å². The third kappa shape index (κ3) is 4.58. The fourth-order valence-corrected chi connectivity index (χ4v) is 3.83. The number of anilines is 1. The molecule has 0 unspecified atom stereocenters. The van der Waals surface area contributed by atoms with Crippen LogP contribution in [0.3, 0.4) is 0 Å². The lowest BCUT2D eigenvalue weighted by Gasteiger charge is -2.31. The van der Waals surface area contributed by atoms with Gasteiger partial charge in [-0.05, 0) is 36.6 Å². The molecule has 1 fully saturated rings. The molecular formula is C19H19Cl2N3O3. The molecule has 27 heavy (non-hydrogen) atoms. The third-order valence-corrected chi connectivity index (χ3v) is 5.44. The summed E-state index contributed by atoms with van der Waals surface area (Å²) in [5, 5.41) is 17.7. The Morgan fingerprint density at radius 1 is 1.11 bits per heavy atom. The molecule has 2 N–H and O–H groups in total. The highest BCUT2D eigenvalue weighted by molar-refractivity contribution is 6.34. The van der Waals surface area contributed by atoms with E-state index in [0.29, 0.717) is 10.7 Å². The highest BCUT2D eigenvalue weighted by Crippen LogP contribution is 2.39. The minimum atomic E-state index is -0.533. The van der Waals surface area contributed by atoms with E-state index in [1.807, 2.05) is 24.3 Å². The van der Waals surface area contributed by atoms with Gasteiger partial charge in [0.25, 0.3) is 5.69 Å². The largest absolute Gasteiger partial charge is 0.324 e. The van der Waals surface area contributed by atoms with Crippen molar-refractivity contribution in [2.45, 2.75) is 31.2 Å². The highest BCUT2D eigenvalue weighted by atomic mass is 35.5. The number of amides is 1. The molecule has 3 rings (SSSR count). The summed E-state index contributed by atoms with van der Waals surface area (Å²) in [6.07, 6.45) is 4.07. The molecule has 1 amide bonds. The van der Waals surface area contributed by atoms with E-state index >= 15 is 0 Å². The van der Waals surface area contributed by atoms with Gasteiger partial charge < -0.3 is 5.32 Å². The molecule has 0 spiro atoms. The van der Waals surface area contributed by atoms with Crippen molar-refractivity contribution >= 4 is 40.5 Å². The van der Waals surface area contributed by atoms with Gasteiger partial charge in [-0.1, -0.05) is 48.2 Å². The van der Waals surface area contributed by atoms with Crippen molar-refractivity contribution in [2.75, 3.05) is 11.9 Å². The molecule has 6 nitrogen and oxygen atoms in total. The Labute approximate surface area is 167 Å². The van der Waals surface area contributed by atoms with Crippen molar-refractivity contribution in [3.63, 3.8) is 0 Å². The molecule has 0 saturated heterocycles. The molecule has 0 radical (unpaired) electrons. The van der Waals surface area contributed by atoms with Gasteiger partial charge in [0.1, 0.15) is 0 Å². The summed E-state index contributed by atoms with van der Waals surface area (Å²) in [6, 6.07) is 11.7. The summed E-state index contributed by atoms with van der Waals surface area (Å²) in [5.41, 5.74) is 1.09. The van der Waals surface area contributed by atoms with Crippen LogP contribution in [0.2, 0.25) is 10.0 Å². The molecule has 142 valence electrons. The fourth-order valence-electron chi connectivity index (χ4n) is 3.48. The van der Waals surface area contributed by atoms with Gasteiger partial charge in [0.15, 0.2) is 0 Å². The van der Waals surface area contributed by atoms with E-state index in [9.17, 15) is 14.9 Å². The van der Waals surface area contributed by atoms with Gasteiger partial charge in [-0.15, -0.1) is 0 Å². The number of non-ortho nitro benzene ring substituents is 1. The number of nitrogens with one attached hydrogen (secondary N) is 2. The molecule has 1 aliphatic carbocycles. The van der Waals surface area contributed by atoms with Gasteiger partial charge in [0, 0.05) is 22.7 Å². The molecular weight excluding hydrogens is 389 g/mol. The number of nitrogens with zero attached hydrogens (tertiary/aromatic N) is 1. The van der Waals surface area contributed by atoms with Crippen molar-refractivity contribution in [1.82, 2.24) is 5.32 Å². The lowest BCUT2D eigenvalue weighted by molar-refractivity contribution is -0.384. The van der Waals surface area contributed by atoms with Crippen LogP contribution in [0.15, 0.2) is 42.5 Å². The second kappa shape index (κ2) is 8.25. The number of hydrogen-bond donors (Lipinski definition) is 2. The predicted molar refractivity (Wildman–Crippen MR) is 106 cm³/mol. The summed E-state index contributed by atoms with van der Waals surface area (Å²) in [4.78, 5) is 22.6. The van der Waals surface area contributed by atoms with Crippen LogP contribution in [-0.2, 0) is 10.3 Å². The van der Waals surface area contributed by atoms with Crippen molar-refractivity contribution < 1.29 is 9.72 Å². The van der Waals surface area contributed by atoms with E-state index in [1.54, 1.807) is 0 Å². The van der Waals surface area contributed by atoms with E-state index in [0.717, 1.165) is 31.2 Å². The smallest absolute Gasteiger partial charge is 0.271 e. The van der Waals surface area contributed by atoms with E-state index in [4.69, 9.17) is 23.2 Å². The van der Waals surface area contributed by atoms with Crippen LogP contribution in [0, 0.1) is 10.1 Å². The van der Waals surface area contributed by atoms with E-state index in [-0.39, 0.29) is 28.7 Å². The van der Waals surface area contributed by atoms with Crippen molar-refractivity contribution in [1.29, 1.82) is 0 Å². The van der Waals surface area contributed by atoms with Gasteiger partial charge in [0.2, 0.25) is 5.91 Å². The minimum Gasteiger partial charge on any atom is -0.324 e. The number of carbonyl (C=O) groups excluding carboxylic acids is 1. The number of carbonyl (C=O) groups is 1. The van der Waals surface area contributed by atoms with Crippen molar-refractivity contribution in [3.8, 4) is 0 Å². The van der Waals surface area contributed by atoms with Crippen molar-refractivity contribution in [2.24, 2.45) is 0 Å². The first kappa shape index (κ1) is 19.6. The molecule has 0 atom stereocenters. The first-order valence-electron chi connectivity index (χ1n) is 8.64. The molecule has 1 saturated carbocycles. The highest BCUT2D eigenvalue weighted by Gasteiger charge is 2.35. The number of nitro groups is 1. The standard InChI is InChI=1S/C19H19Cl2N3O3/c20-14-5-3-13(4-6-14)19(9-1-2-10-19)22-12-18(25)23-17-8-7-15(24(26)27)11-16(17)21/h3-8,11,22H,1-2,9-10,12H2,(H,23,25). The zero-order valence-electron chi connectivity index (χ0n) is 14.5. The second-order valence-electron chi connectivity index (χ2n) is 6.62. The van der Waals surface area contributed by atoms with Gasteiger partial charge in [0.05, 0.1) is 22.2 Å². The summed E-state index contributed by atoms with van der Waals surface area (Å²) in [5.74, 6) is -0.258. The number of halogens is 2. The van der Waals surface area contributed by atoms with E-state index < -0.39 is 4.92 Å². The molecule has 2 aromatic carbocycles. The first-order chi connectivity index (χ1) is 12.9. The molecule has 2 aromatic rings. The molecule has 1 aliphatic rings. The van der Waals surface area contributed by atoms with E-state index in [2.05, 4.69) is 10.6 Å². The maximum absolute atomic E-state index is 12.4. The van der Waals surface area contributed by atoms with Crippen LogP contribution in [0.5, 0.6) is 0 Å². The monoisotopic (exact) mass is 407 g/mol. The van der Waals surface area contributed by atoms with Crippen molar-refractivity contribution in [3.05, 3.63) is 68.2 Å². The molecule has 0 heterocycles. The fraction of sp³-hybridized carbons (Fsp3) is 0.316. The van der Waals surface area contributed by atoms with Crippen LogP contribution in [0.25, 0.3) is 0 Å². The summed E-state index contributed by atoms with van der Waals surface area (Å²) >= 11 is 12.0. The van der Waals surface area contributed by atoms with Gasteiger partial charge in [-0.25, -0.2) is 0 Å². The Morgan fingerprint density at radius 3 is 2.37 bits per heavy atom. The Bertz CT molecular complexity index is 850. The average Bonchev–Trinajstić information content (AvgIpc) is 3.12.